The van der Waals surface area contributed by atoms with Crippen molar-refractivity contribution in [3.63, 3.8) is 0 Å². The number of aromatic nitrogens is 1. The van der Waals surface area contributed by atoms with E-state index in [4.69, 9.17) is 41.8 Å². The molecule has 0 amide bonds. The normalized spacial score (nSPS) is 11.2. The number of thiazole rings is 1. The Labute approximate surface area is 210 Å². The predicted molar refractivity (Wildman–Crippen MR) is 135 cm³/mol. The van der Waals surface area contributed by atoms with Crippen molar-refractivity contribution < 1.29 is 18.6 Å². The second-order valence-electron chi connectivity index (χ2n) is 6.95. The number of furan rings is 1. The Balaban J connectivity index is 1.67. The van der Waals surface area contributed by atoms with Gasteiger partial charge >= 0.3 is 0 Å². The number of nitrogens with zero attached hydrogens (tertiary/aromatic N) is 2. The summed E-state index contributed by atoms with van der Waals surface area (Å²) in [5, 5.41) is 13.3. The van der Waals surface area contributed by atoms with Gasteiger partial charge in [0.15, 0.2) is 17.3 Å². The number of benzene rings is 2. The summed E-state index contributed by atoms with van der Waals surface area (Å²) in [6, 6.07) is 14.5. The molecule has 0 spiro atoms. The SMILES string of the molecule is COc1cc(C=C(C#N)c2nc(-c3ccc(-c4cc(Cl)ccc4Cl)o3)cs2)cc(OC)c1OC. The maximum atomic E-state index is 9.79. The van der Waals surface area contributed by atoms with Crippen molar-refractivity contribution in [2.75, 3.05) is 21.3 Å². The summed E-state index contributed by atoms with van der Waals surface area (Å²) >= 11 is 13.7. The summed E-state index contributed by atoms with van der Waals surface area (Å²) in [7, 11) is 4.61. The van der Waals surface area contributed by atoms with E-state index < -0.39 is 0 Å². The third-order valence-electron chi connectivity index (χ3n) is 4.91. The van der Waals surface area contributed by atoms with Crippen molar-refractivity contribution in [1.82, 2.24) is 4.98 Å². The molecule has 4 aromatic rings. The van der Waals surface area contributed by atoms with E-state index in [0.717, 1.165) is 0 Å². The molecule has 0 unspecified atom stereocenters. The molecule has 34 heavy (non-hydrogen) atoms. The lowest BCUT2D eigenvalue weighted by Gasteiger charge is -2.13. The maximum Gasteiger partial charge on any atom is 0.203 e. The summed E-state index contributed by atoms with van der Waals surface area (Å²) in [4.78, 5) is 4.60. The van der Waals surface area contributed by atoms with Gasteiger partial charge in [0, 0.05) is 16.0 Å². The molecule has 2 aromatic heterocycles. The summed E-state index contributed by atoms with van der Waals surface area (Å²) in [6.45, 7) is 0. The fourth-order valence-corrected chi connectivity index (χ4v) is 4.47. The maximum absolute atomic E-state index is 9.79. The second-order valence-corrected chi connectivity index (χ2v) is 8.66. The van der Waals surface area contributed by atoms with Crippen molar-refractivity contribution in [3.05, 3.63) is 68.5 Å². The van der Waals surface area contributed by atoms with Crippen molar-refractivity contribution >= 4 is 46.2 Å². The third kappa shape index (κ3) is 4.75. The smallest absolute Gasteiger partial charge is 0.203 e. The monoisotopic (exact) mass is 512 g/mol. The zero-order valence-electron chi connectivity index (χ0n) is 18.4. The summed E-state index contributed by atoms with van der Waals surface area (Å²) in [5.74, 6) is 2.59. The van der Waals surface area contributed by atoms with Crippen LogP contribution in [0.2, 0.25) is 10.0 Å². The molecule has 0 aliphatic rings. The molecule has 0 aliphatic carbocycles. The average Bonchev–Trinajstić information content (AvgIpc) is 3.53. The summed E-state index contributed by atoms with van der Waals surface area (Å²) < 4.78 is 22.1. The number of methoxy groups -OCH3 is 3. The van der Waals surface area contributed by atoms with E-state index in [-0.39, 0.29) is 0 Å². The Hall–Kier alpha value is -3.44. The van der Waals surface area contributed by atoms with Crippen molar-refractivity contribution in [2.45, 2.75) is 0 Å². The first-order valence-corrected chi connectivity index (χ1v) is 11.5. The molecule has 4 rings (SSSR count). The van der Waals surface area contributed by atoms with E-state index in [0.29, 0.717) is 66.2 Å². The van der Waals surface area contributed by atoms with Crippen LogP contribution in [0.3, 0.4) is 0 Å². The number of rotatable bonds is 7. The van der Waals surface area contributed by atoms with Crippen molar-refractivity contribution in [1.29, 1.82) is 5.26 Å². The van der Waals surface area contributed by atoms with E-state index in [9.17, 15) is 5.26 Å². The number of nitriles is 1. The fourth-order valence-electron chi connectivity index (χ4n) is 3.31. The molecular formula is C25H18Cl2N2O4S. The van der Waals surface area contributed by atoms with Crippen LogP contribution in [0, 0.1) is 11.3 Å². The Morgan fingerprint density at radius 2 is 1.71 bits per heavy atom. The van der Waals surface area contributed by atoms with Crippen LogP contribution >= 0.6 is 34.5 Å². The van der Waals surface area contributed by atoms with Gasteiger partial charge in [-0.15, -0.1) is 11.3 Å². The van der Waals surface area contributed by atoms with Gasteiger partial charge in [0.25, 0.3) is 0 Å². The molecule has 2 aromatic carbocycles. The quantitative estimate of drug-likeness (QED) is 0.239. The minimum absolute atomic E-state index is 0.384. The molecule has 0 bridgehead atoms. The third-order valence-corrected chi connectivity index (χ3v) is 6.35. The molecule has 6 nitrogen and oxygen atoms in total. The topological polar surface area (TPSA) is 77.5 Å². The van der Waals surface area contributed by atoms with Crippen LogP contribution in [0.5, 0.6) is 17.2 Å². The number of halogens is 2. The molecule has 0 fully saturated rings. The second kappa shape index (κ2) is 10.2. The number of hydrogen-bond donors (Lipinski definition) is 0. The first-order valence-electron chi connectivity index (χ1n) is 9.90. The molecule has 0 radical (unpaired) electrons. The lowest BCUT2D eigenvalue weighted by Crippen LogP contribution is -1.95. The average molecular weight is 513 g/mol. The van der Waals surface area contributed by atoms with Crippen molar-refractivity contribution in [2.24, 2.45) is 0 Å². The molecule has 0 aliphatic heterocycles. The van der Waals surface area contributed by atoms with Crippen LogP contribution in [0.4, 0.5) is 0 Å². The molecule has 2 heterocycles. The Bertz CT molecular complexity index is 1390. The van der Waals surface area contributed by atoms with Gasteiger partial charge in [0.1, 0.15) is 22.5 Å². The lowest BCUT2D eigenvalue weighted by molar-refractivity contribution is 0.324. The van der Waals surface area contributed by atoms with Gasteiger partial charge < -0.3 is 18.6 Å². The predicted octanol–water partition coefficient (Wildman–Crippen LogP) is 7.47. The fraction of sp³-hybridized carbons (Fsp3) is 0.120. The molecule has 0 saturated carbocycles. The Kier molecular flexibility index (Phi) is 7.13. The van der Waals surface area contributed by atoms with E-state index >= 15 is 0 Å². The van der Waals surface area contributed by atoms with E-state index in [1.54, 1.807) is 42.5 Å². The molecule has 0 atom stereocenters. The van der Waals surface area contributed by atoms with E-state index in [1.807, 2.05) is 11.4 Å². The van der Waals surface area contributed by atoms with Crippen LogP contribution in [-0.2, 0) is 0 Å². The highest BCUT2D eigenvalue weighted by Gasteiger charge is 2.16. The Morgan fingerprint density at radius 1 is 1.00 bits per heavy atom. The minimum Gasteiger partial charge on any atom is -0.493 e. The standard InChI is InChI=1S/C25H18Cl2N2O4S/c1-30-22-9-14(10-23(31-2)24(22)32-3)8-15(12-28)25-29-19(13-34-25)21-7-6-20(33-21)17-11-16(26)4-5-18(17)27/h4-11,13H,1-3H3. The molecule has 0 N–H and O–H groups in total. The van der Waals surface area contributed by atoms with Gasteiger partial charge in [0.2, 0.25) is 5.75 Å². The van der Waals surface area contributed by atoms with E-state index in [1.165, 1.54) is 32.7 Å². The highest BCUT2D eigenvalue weighted by molar-refractivity contribution is 7.11. The van der Waals surface area contributed by atoms with Crippen LogP contribution in [0.25, 0.3) is 34.4 Å². The summed E-state index contributed by atoms with van der Waals surface area (Å²) in [5.41, 5.74) is 2.39. The highest BCUT2D eigenvalue weighted by atomic mass is 35.5. The Morgan fingerprint density at radius 3 is 2.35 bits per heavy atom. The van der Waals surface area contributed by atoms with Gasteiger partial charge in [-0.2, -0.15) is 5.26 Å². The van der Waals surface area contributed by atoms with Crippen LogP contribution in [-0.4, -0.2) is 26.3 Å². The number of allylic oxidation sites excluding steroid dienone is 1. The molecular weight excluding hydrogens is 495 g/mol. The van der Waals surface area contributed by atoms with Crippen LogP contribution in [0.1, 0.15) is 10.6 Å². The van der Waals surface area contributed by atoms with Crippen LogP contribution < -0.4 is 14.2 Å². The van der Waals surface area contributed by atoms with Gasteiger partial charge in [-0.05, 0) is 54.1 Å². The zero-order valence-corrected chi connectivity index (χ0v) is 20.7. The van der Waals surface area contributed by atoms with Gasteiger partial charge in [-0.25, -0.2) is 4.98 Å². The number of hydrogen-bond acceptors (Lipinski definition) is 7. The molecule has 0 saturated heterocycles. The summed E-state index contributed by atoms with van der Waals surface area (Å²) in [6.07, 6.45) is 1.71. The molecule has 9 heteroatoms. The lowest BCUT2D eigenvalue weighted by atomic mass is 10.1. The van der Waals surface area contributed by atoms with Gasteiger partial charge in [0.05, 0.1) is 31.9 Å². The van der Waals surface area contributed by atoms with Gasteiger partial charge in [-0.3, -0.25) is 0 Å². The largest absolute Gasteiger partial charge is 0.493 e. The number of ether oxygens (including phenoxy) is 3. The van der Waals surface area contributed by atoms with Gasteiger partial charge in [-0.1, -0.05) is 23.2 Å². The zero-order chi connectivity index (χ0) is 24.2. The molecule has 172 valence electrons. The first kappa shape index (κ1) is 23.7. The first-order chi connectivity index (χ1) is 16.5. The minimum atomic E-state index is 0.384. The van der Waals surface area contributed by atoms with Crippen molar-refractivity contribution in [3.8, 4) is 46.1 Å². The van der Waals surface area contributed by atoms with Crippen LogP contribution in [0.15, 0.2) is 52.3 Å². The van der Waals surface area contributed by atoms with E-state index in [2.05, 4.69) is 11.1 Å². The highest BCUT2D eigenvalue weighted by Crippen LogP contribution is 2.40.